The Balaban J connectivity index is 2.13. The van der Waals surface area contributed by atoms with Crippen molar-refractivity contribution in [2.24, 2.45) is 5.92 Å². The van der Waals surface area contributed by atoms with Crippen molar-refractivity contribution in [1.29, 1.82) is 0 Å². The van der Waals surface area contributed by atoms with Crippen molar-refractivity contribution in [2.75, 3.05) is 17.2 Å². The summed E-state index contributed by atoms with van der Waals surface area (Å²) in [6, 6.07) is 8.51. The Bertz CT molecular complexity index is 609. The van der Waals surface area contributed by atoms with Crippen molar-refractivity contribution in [1.82, 2.24) is 9.97 Å². The lowest BCUT2D eigenvalue weighted by molar-refractivity contribution is 0.559. The van der Waals surface area contributed by atoms with Gasteiger partial charge in [-0.05, 0) is 30.9 Å². The van der Waals surface area contributed by atoms with Gasteiger partial charge in [0.05, 0.1) is 0 Å². The summed E-state index contributed by atoms with van der Waals surface area (Å²) in [6.07, 6.45) is 2.66. The minimum absolute atomic E-state index is 0.556. The minimum Gasteiger partial charge on any atom is -0.383 e. The summed E-state index contributed by atoms with van der Waals surface area (Å²) in [4.78, 5) is 10.7. The van der Waals surface area contributed by atoms with E-state index in [0.29, 0.717) is 11.7 Å². The second-order valence-electron chi connectivity index (χ2n) is 5.26. The van der Waals surface area contributed by atoms with Crippen molar-refractivity contribution in [3.05, 3.63) is 41.7 Å². The van der Waals surface area contributed by atoms with E-state index in [1.54, 1.807) is 6.33 Å². The molecule has 0 fully saturated rings. The zero-order valence-electron chi connectivity index (χ0n) is 11.3. The minimum atomic E-state index is 0.556. The summed E-state index contributed by atoms with van der Waals surface area (Å²) < 4.78 is 0. The number of anilines is 3. The Morgan fingerprint density at radius 2 is 2.05 bits per heavy atom. The van der Waals surface area contributed by atoms with Crippen LogP contribution in [0.15, 0.2) is 30.6 Å². The maximum Gasteiger partial charge on any atom is 0.141 e. The van der Waals surface area contributed by atoms with Gasteiger partial charge in [-0.25, -0.2) is 9.97 Å². The Hall–Kier alpha value is -2.10. The molecule has 1 aromatic heterocycles. The van der Waals surface area contributed by atoms with E-state index in [2.05, 4.69) is 46.1 Å². The van der Waals surface area contributed by atoms with Crippen molar-refractivity contribution in [2.45, 2.75) is 20.3 Å². The highest BCUT2D eigenvalue weighted by Gasteiger charge is 2.24. The third-order valence-electron chi connectivity index (χ3n) is 3.70. The fourth-order valence-electron chi connectivity index (χ4n) is 2.72. The van der Waals surface area contributed by atoms with E-state index in [-0.39, 0.29) is 0 Å². The second-order valence-corrected chi connectivity index (χ2v) is 5.26. The molecule has 1 unspecified atom stereocenters. The highest BCUT2D eigenvalue weighted by Crippen LogP contribution is 2.36. The summed E-state index contributed by atoms with van der Waals surface area (Å²) in [6.45, 7) is 5.21. The molecule has 1 aliphatic heterocycles. The average molecular weight is 254 g/mol. The van der Waals surface area contributed by atoms with Gasteiger partial charge in [-0.2, -0.15) is 0 Å². The normalized spacial score (nSPS) is 18.2. The van der Waals surface area contributed by atoms with Crippen LogP contribution in [0.4, 0.5) is 17.3 Å². The number of hydrogen-bond acceptors (Lipinski definition) is 4. The van der Waals surface area contributed by atoms with Gasteiger partial charge in [0.15, 0.2) is 0 Å². The first kappa shape index (κ1) is 12.0. The molecule has 0 amide bonds. The summed E-state index contributed by atoms with van der Waals surface area (Å²) in [7, 11) is 0. The third kappa shape index (κ3) is 2.03. The van der Waals surface area contributed by atoms with Crippen LogP contribution in [0.25, 0.3) is 0 Å². The van der Waals surface area contributed by atoms with E-state index in [1.807, 2.05) is 6.92 Å². The Morgan fingerprint density at radius 3 is 2.89 bits per heavy atom. The van der Waals surface area contributed by atoms with Crippen LogP contribution in [0.1, 0.15) is 18.1 Å². The molecule has 1 atom stereocenters. The zero-order valence-corrected chi connectivity index (χ0v) is 11.3. The highest BCUT2D eigenvalue weighted by molar-refractivity contribution is 5.69. The van der Waals surface area contributed by atoms with Gasteiger partial charge in [0.1, 0.15) is 18.0 Å². The molecule has 4 nitrogen and oxygen atoms in total. The van der Waals surface area contributed by atoms with Gasteiger partial charge in [-0.15, -0.1) is 0 Å². The summed E-state index contributed by atoms with van der Waals surface area (Å²) in [5.41, 5.74) is 9.47. The van der Waals surface area contributed by atoms with E-state index < -0.39 is 0 Å². The van der Waals surface area contributed by atoms with Crippen LogP contribution in [-0.2, 0) is 6.42 Å². The number of nitrogens with two attached hydrogens (primary N) is 1. The van der Waals surface area contributed by atoms with Crippen molar-refractivity contribution in [3.63, 3.8) is 0 Å². The Labute approximate surface area is 113 Å². The van der Waals surface area contributed by atoms with Crippen molar-refractivity contribution < 1.29 is 0 Å². The Kier molecular flexibility index (Phi) is 2.85. The first-order valence-electron chi connectivity index (χ1n) is 6.59. The smallest absolute Gasteiger partial charge is 0.141 e. The molecule has 0 saturated carbocycles. The molecule has 2 heterocycles. The first-order chi connectivity index (χ1) is 9.16. The molecule has 0 spiro atoms. The van der Waals surface area contributed by atoms with Gasteiger partial charge >= 0.3 is 0 Å². The molecule has 98 valence electrons. The number of fused-ring (bicyclic) bond motifs is 1. The molecule has 2 N–H and O–H groups in total. The van der Waals surface area contributed by atoms with Crippen LogP contribution in [0, 0.1) is 12.8 Å². The number of aromatic nitrogens is 2. The molecular weight excluding hydrogens is 236 g/mol. The molecule has 0 saturated heterocycles. The maximum atomic E-state index is 5.90. The SMILES string of the molecule is Cc1c(N)ncnc1N1CC(C)Cc2ccccc21. The molecule has 0 aliphatic carbocycles. The number of nitrogen functional groups attached to an aromatic ring is 1. The zero-order chi connectivity index (χ0) is 13.4. The first-order valence-corrected chi connectivity index (χ1v) is 6.59. The maximum absolute atomic E-state index is 5.90. The largest absolute Gasteiger partial charge is 0.383 e. The summed E-state index contributed by atoms with van der Waals surface area (Å²) in [5.74, 6) is 2.08. The topological polar surface area (TPSA) is 55.0 Å². The molecule has 4 heteroatoms. The fraction of sp³-hybridized carbons (Fsp3) is 0.333. The van der Waals surface area contributed by atoms with E-state index in [1.165, 1.54) is 11.3 Å². The molecule has 0 bridgehead atoms. The lowest BCUT2D eigenvalue weighted by Crippen LogP contribution is -2.31. The Morgan fingerprint density at radius 1 is 1.26 bits per heavy atom. The van der Waals surface area contributed by atoms with Gasteiger partial charge in [0, 0.05) is 17.8 Å². The number of nitrogens with zero attached hydrogens (tertiary/aromatic N) is 3. The second kappa shape index (κ2) is 4.53. The molecule has 19 heavy (non-hydrogen) atoms. The van der Waals surface area contributed by atoms with Crippen molar-refractivity contribution >= 4 is 17.3 Å². The number of hydrogen-bond donors (Lipinski definition) is 1. The molecule has 3 rings (SSSR count). The number of para-hydroxylation sites is 1. The third-order valence-corrected chi connectivity index (χ3v) is 3.70. The van der Waals surface area contributed by atoms with Crippen LogP contribution in [0.3, 0.4) is 0 Å². The van der Waals surface area contributed by atoms with Crippen molar-refractivity contribution in [3.8, 4) is 0 Å². The lowest BCUT2D eigenvalue weighted by Gasteiger charge is -2.34. The van der Waals surface area contributed by atoms with E-state index in [0.717, 1.165) is 24.3 Å². The van der Waals surface area contributed by atoms with Gasteiger partial charge in [-0.3, -0.25) is 0 Å². The standard InChI is InChI=1S/C15H18N4/c1-10-7-12-5-3-4-6-13(12)19(8-10)15-11(2)14(16)17-9-18-15/h3-6,9-10H,7-8H2,1-2H3,(H2,16,17,18). The van der Waals surface area contributed by atoms with Crippen LogP contribution in [0.5, 0.6) is 0 Å². The highest BCUT2D eigenvalue weighted by atomic mass is 15.2. The summed E-state index contributed by atoms with van der Waals surface area (Å²) >= 11 is 0. The predicted molar refractivity (Wildman–Crippen MR) is 77.5 cm³/mol. The number of benzene rings is 1. The van der Waals surface area contributed by atoms with Crippen LogP contribution in [-0.4, -0.2) is 16.5 Å². The molecule has 1 aromatic carbocycles. The summed E-state index contributed by atoms with van der Waals surface area (Å²) in [5, 5.41) is 0. The van der Waals surface area contributed by atoms with Crippen LogP contribution in [0.2, 0.25) is 0 Å². The van der Waals surface area contributed by atoms with Gasteiger partial charge < -0.3 is 10.6 Å². The van der Waals surface area contributed by atoms with Crippen LogP contribution < -0.4 is 10.6 Å². The van der Waals surface area contributed by atoms with E-state index in [9.17, 15) is 0 Å². The molecule has 0 radical (unpaired) electrons. The molecule has 2 aromatic rings. The van der Waals surface area contributed by atoms with Gasteiger partial charge in [0.25, 0.3) is 0 Å². The van der Waals surface area contributed by atoms with Gasteiger partial charge in [0.2, 0.25) is 0 Å². The lowest BCUT2D eigenvalue weighted by atomic mass is 9.93. The molecule has 1 aliphatic rings. The number of rotatable bonds is 1. The van der Waals surface area contributed by atoms with Gasteiger partial charge in [-0.1, -0.05) is 25.1 Å². The average Bonchev–Trinajstić information content (AvgIpc) is 2.41. The van der Waals surface area contributed by atoms with Crippen LogP contribution >= 0.6 is 0 Å². The quantitative estimate of drug-likeness (QED) is 0.850. The molecular formula is C15H18N4. The van der Waals surface area contributed by atoms with E-state index in [4.69, 9.17) is 5.73 Å². The van der Waals surface area contributed by atoms with E-state index >= 15 is 0 Å². The predicted octanol–water partition coefficient (Wildman–Crippen LogP) is 2.70. The monoisotopic (exact) mass is 254 g/mol. The fourth-order valence-corrected chi connectivity index (χ4v) is 2.72.